The number of rotatable bonds is 8. The number of hydrogen-bond acceptors (Lipinski definition) is 2. The summed E-state index contributed by atoms with van der Waals surface area (Å²) in [5, 5.41) is 6.33. The standard InChI is InChI=1S/C13H23Br2N3/c1-4-5-13(8-14,9-15)6-12-16-10-17-18(12)7-11(2)3/h10-11H,4-9H2,1-3H3. The molecule has 0 fully saturated rings. The van der Waals surface area contributed by atoms with E-state index in [9.17, 15) is 0 Å². The minimum Gasteiger partial charge on any atom is -0.250 e. The van der Waals surface area contributed by atoms with Gasteiger partial charge in [-0.3, -0.25) is 0 Å². The fraction of sp³-hybridized carbons (Fsp3) is 0.846. The van der Waals surface area contributed by atoms with Gasteiger partial charge in [-0.2, -0.15) is 5.10 Å². The van der Waals surface area contributed by atoms with Crippen LogP contribution in [-0.2, 0) is 13.0 Å². The molecule has 0 bridgehead atoms. The highest BCUT2D eigenvalue weighted by Crippen LogP contribution is 2.32. The van der Waals surface area contributed by atoms with Crippen LogP contribution >= 0.6 is 31.9 Å². The second-order valence-corrected chi connectivity index (χ2v) is 6.57. The van der Waals surface area contributed by atoms with Gasteiger partial charge in [0, 0.05) is 23.6 Å². The first kappa shape index (κ1) is 16.2. The molecule has 1 aromatic rings. The van der Waals surface area contributed by atoms with Crippen LogP contribution in [0.5, 0.6) is 0 Å². The van der Waals surface area contributed by atoms with Gasteiger partial charge < -0.3 is 0 Å². The van der Waals surface area contributed by atoms with Crippen molar-refractivity contribution in [2.75, 3.05) is 10.7 Å². The van der Waals surface area contributed by atoms with Gasteiger partial charge in [-0.05, 0) is 17.8 Å². The van der Waals surface area contributed by atoms with E-state index < -0.39 is 0 Å². The molecule has 0 saturated carbocycles. The third kappa shape index (κ3) is 4.34. The molecule has 18 heavy (non-hydrogen) atoms. The van der Waals surface area contributed by atoms with Crippen LogP contribution in [-0.4, -0.2) is 25.4 Å². The predicted molar refractivity (Wildman–Crippen MR) is 83.5 cm³/mol. The summed E-state index contributed by atoms with van der Waals surface area (Å²) >= 11 is 7.34. The Kier molecular flexibility index (Phi) is 6.85. The molecule has 1 aromatic heterocycles. The Morgan fingerprint density at radius 1 is 1.33 bits per heavy atom. The summed E-state index contributed by atoms with van der Waals surface area (Å²) in [5.41, 5.74) is 0.247. The van der Waals surface area contributed by atoms with E-state index in [2.05, 4.69) is 67.4 Å². The van der Waals surface area contributed by atoms with Crippen molar-refractivity contribution in [3.05, 3.63) is 12.2 Å². The fourth-order valence-electron chi connectivity index (χ4n) is 2.14. The highest BCUT2D eigenvalue weighted by Gasteiger charge is 2.29. The smallest absolute Gasteiger partial charge is 0.138 e. The van der Waals surface area contributed by atoms with E-state index in [1.54, 1.807) is 6.33 Å². The maximum absolute atomic E-state index is 4.44. The second-order valence-electron chi connectivity index (χ2n) is 5.45. The zero-order chi connectivity index (χ0) is 13.6. The summed E-state index contributed by atoms with van der Waals surface area (Å²) < 4.78 is 2.06. The minimum atomic E-state index is 0.247. The van der Waals surface area contributed by atoms with Gasteiger partial charge in [-0.25, -0.2) is 9.67 Å². The Balaban J connectivity index is 2.83. The molecule has 0 spiro atoms. The Hall–Kier alpha value is 0.1000. The quantitative estimate of drug-likeness (QED) is 0.637. The third-order valence-corrected chi connectivity index (χ3v) is 5.49. The Morgan fingerprint density at radius 3 is 2.50 bits per heavy atom. The van der Waals surface area contributed by atoms with Crippen LogP contribution in [0, 0.1) is 11.3 Å². The predicted octanol–water partition coefficient (Wildman–Crippen LogP) is 4.05. The van der Waals surface area contributed by atoms with Crippen LogP contribution in [0.15, 0.2) is 6.33 Å². The molecule has 0 saturated heterocycles. The van der Waals surface area contributed by atoms with Crippen LogP contribution in [0.3, 0.4) is 0 Å². The van der Waals surface area contributed by atoms with Gasteiger partial charge in [-0.15, -0.1) is 0 Å². The van der Waals surface area contributed by atoms with Crippen LogP contribution in [0.2, 0.25) is 0 Å². The molecule has 0 N–H and O–H groups in total. The Labute approximate surface area is 127 Å². The molecular formula is C13H23Br2N3. The lowest BCUT2D eigenvalue weighted by atomic mass is 9.84. The SMILES string of the molecule is CCCC(CBr)(CBr)Cc1ncnn1CC(C)C. The molecule has 1 rings (SSSR count). The number of aromatic nitrogens is 3. The molecule has 0 aliphatic carbocycles. The number of hydrogen-bond donors (Lipinski definition) is 0. The highest BCUT2D eigenvalue weighted by molar-refractivity contribution is 9.09. The van der Waals surface area contributed by atoms with Gasteiger partial charge in [0.05, 0.1) is 0 Å². The first-order valence-electron chi connectivity index (χ1n) is 6.55. The van der Waals surface area contributed by atoms with E-state index in [0.29, 0.717) is 5.92 Å². The summed E-state index contributed by atoms with van der Waals surface area (Å²) in [6, 6.07) is 0. The zero-order valence-electron chi connectivity index (χ0n) is 11.5. The fourth-order valence-corrected chi connectivity index (χ4v) is 4.03. The van der Waals surface area contributed by atoms with Crippen molar-refractivity contribution >= 4 is 31.9 Å². The van der Waals surface area contributed by atoms with Crippen molar-refractivity contribution in [3.63, 3.8) is 0 Å². The molecule has 0 radical (unpaired) electrons. The van der Waals surface area contributed by atoms with E-state index in [4.69, 9.17) is 0 Å². The number of nitrogens with zero attached hydrogens (tertiary/aromatic N) is 3. The first-order chi connectivity index (χ1) is 8.56. The molecule has 0 atom stereocenters. The average Bonchev–Trinajstić information content (AvgIpc) is 2.75. The normalized spacial score (nSPS) is 12.3. The average molecular weight is 381 g/mol. The van der Waals surface area contributed by atoms with Crippen molar-refractivity contribution < 1.29 is 0 Å². The molecule has 0 aliphatic rings. The van der Waals surface area contributed by atoms with Crippen molar-refractivity contribution in [3.8, 4) is 0 Å². The first-order valence-corrected chi connectivity index (χ1v) is 8.80. The molecule has 104 valence electrons. The van der Waals surface area contributed by atoms with Gasteiger partial charge in [-0.1, -0.05) is 59.1 Å². The van der Waals surface area contributed by atoms with Crippen LogP contribution < -0.4 is 0 Å². The molecule has 5 heteroatoms. The van der Waals surface area contributed by atoms with Crippen LogP contribution in [0.25, 0.3) is 0 Å². The van der Waals surface area contributed by atoms with E-state index >= 15 is 0 Å². The largest absolute Gasteiger partial charge is 0.250 e. The van der Waals surface area contributed by atoms with Gasteiger partial charge in [0.25, 0.3) is 0 Å². The van der Waals surface area contributed by atoms with Crippen molar-refractivity contribution in [2.24, 2.45) is 11.3 Å². The van der Waals surface area contributed by atoms with Crippen molar-refractivity contribution in [1.29, 1.82) is 0 Å². The second kappa shape index (κ2) is 7.63. The molecule has 0 amide bonds. The zero-order valence-corrected chi connectivity index (χ0v) is 14.7. The van der Waals surface area contributed by atoms with E-state index in [1.165, 1.54) is 12.8 Å². The summed E-state index contributed by atoms with van der Waals surface area (Å²) in [6.45, 7) is 7.60. The summed E-state index contributed by atoms with van der Waals surface area (Å²) in [4.78, 5) is 4.44. The topological polar surface area (TPSA) is 30.7 Å². The monoisotopic (exact) mass is 379 g/mol. The Bertz CT molecular complexity index is 346. The molecule has 0 aliphatic heterocycles. The van der Waals surface area contributed by atoms with Crippen LogP contribution in [0.1, 0.15) is 39.4 Å². The molecule has 1 heterocycles. The molecular weight excluding hydrogens is 358 g/mol. The van der Waals surface area contributed by atoms with E-state index in [1.807, 2.05) is 0 Å². The van der Waals surface area contributed by atoms with E-state index in [-0.39, 0.29) is 5.41 Å². The lowest BCUT2D eigenvalue weighted by molar-refractivity contribution is 0.331. The number of halogens is 2. The lowest BCUT2D eigenvalue weighted by Crippen LogP contribution is -2.29. The Morgan fingerprint density at radius 2 is 2.00 bits per heavy atom. The highest BCUT2D eigenvalue weighted by atomic mass is 79.9. The van der Waals surface area contributed by atoms with Gasteiger partial charge >= 0.3 is 0 Å². The van der Waals surface area contributed by atoms with E-state index in [0.717, 1.165) is 29.5 Å². The maximum Gasteiger partial charge on any atom is 0.138 e. The van der Waals surface area contributed by atoms with Crippen molar-refractivity contribution in [1.82, 2.24) is 14.8 Å². The summed E-state index contributed by atoms with van der Waals surface area (Å²) in [6.07, 6.45) is 5.04. The maximum atomic E-state index is 4.44. The van der Waals surface area contributed by atoms with Crippen molar-refractivity contribution in [2.45, 2.75) is 46.6 Å². The van der Waals surface area contributed by atoms with Gasteiger partial charge in [0.1, 0.15) is 12.2 Å². The van der Waals surface area contributed by atoms with Gasteiger partial charge in [0.2, 0.25) is 0 Å². The lowest BCUT2D eigenvalue weighted by Gasteiger charge is -2.29. The molecule has 0 aromatic carbocycles. The molecule has 0 unspecified atom stereocenters. The summed E-state index contributed by atoms with van der Waals surface area (Å²) in [7, 11) is 0. The summed E-state index contributed by atoms with van der Waals surface area (Å²) in [5.74, 6) is 1.70. The third-order valence-electron chi connectivity index (χ3n) is 3.11. The molecule has 3 nitrogen and oxygen atoms in total. The van der Waals surface area contributed by atoms with Crippen LogP contribution in [0.4, 0.5) is 0 Å². The van der Waals surface area contributed by atoms with Gasteiger partial charge in [0.15, 0.2) is 0 Å². The number of alkyl halides is 2. The minimum absolute atomic E-state index is 0.247.